The Morgan fingerprint density at radius 2 is 1.89 bits per heavy atom. The Morgan fingerprint density at radius 1 is 1.11 bits per heavy atom. The molecule has 0 unspecified atom stereocenters. The SMILES string of the molecule is O=C(Cc1cn2ccsc2n1)NCCN1CCN(Cc2ccccc2)CC1. The van der Waals surface area contributed by atoms with Crippen molar-refractivity contribution in [2.75, 3.05) is 39.3 Å². The molecule has 4 rings (SSSR count). The highest BCUT2D eigenvalue weighted by molar-refractivity contribution is 7.15. The third kappa shape index (κ3) is 4.94. The largest absolute Gasteiger partial charge is 0.354 e. The highest BCUT2D eigenvalue weighted by Crippen LogP contribution is 2.11. The topological polar surface area (TPSA) is 52.9 Å². The average Bonchev–Trinajstić information content (AvgIpc) is 3.26. The standard InChI is InChI=1S/C20H25N5OS/c26-19(14-18-16-25-12-13-27-20(25)22-18)21-6-7-23-8-10-24(11-9-23)15-17-4-2-1-3-5-17/h1-5,12-13,16H,6-11,14-15H2,(H,21,26). The van der Waals surface area contributed by atoms with Crippen molar-refractivity contribution in [1.82, 2.24) is 24.5 Å². The first-order chi connectivity index (χ1) is 13.3. The zero-order valence-corrected chi connectivity index (χ0v) is 16.2. The zero-order chi connectivity index (χ0) is 18.5. The monoisotopic (exact) mass is 383 g/mol. The fourth-order valence-electron chi connectivity index (χ4n) is 3.45. The predicted octanol–water partition coefficient (Wildman–Crippen LogP) is 1.87. The molecule has 1 aliphatic rings. The molecule has 0 radical (unpaired) electrons. The summed E-state index contributed by atoms with van der Waals surface area (Å²) in [4.78, 5) is 22.4. The number of thiazole rings is 1. The summed E-state index contributed by atoms with van der Waals surface area (Å²) in [6.07, 6.45) is 4.24. The van der Waals surface area contributed by atoms with Gasteiger partial charge in [0.05, 0.1) is 12.1 Å². The molecule has 1 fully saturated rings. The Labute approximate surface area is 163 Å². The number of fused-ring (bicyclic) bond motifs is 1. The van der Waals surface area contributed by atoms with Gasteiger partial charge in [0.1, 0.15) is 0 Å². The molecule has 0 aliphatic carbocycles. The van der Waals surface area contributed by atoms with Gasteiger partial charge in [0.15, 0.2) is 4.96 Å². The summed E-state index contributed by atoms with van der Waals surface area (Å²) in [5.74, 6) is 0.0449. The lowest BCUT2D eigenvalue weighted by atomic mass is 10.2. The molecule has 0 atom stereocenters. The lowest BCUT2D eigenvalue weighted by Crippen LogP contribution is -2.48. The number of nitrogens with one attached hydrogen (secondary N) is 1. The molecule has 3 aromatic rings. The molecule has 1 amide bonds. The molecule has 2 aromatic heterocycles. The van der Waals surface area contributed by atoms with Crippen molar-refractivity contribution in [2.24, 2.45) is 0 Å². The van der Waals surface area contributed by atoms with Crippen molar-refractivity contribution in [3.8, 4) is 0 Å². The van der Waals surface area contributed by atoms with Crippen LogP contribution in [-0.4, -0.2) is 64.4 Å². The van der Waals surface area contributed by atoms with E-state index in [0.29, 0.717) is 13.0 Å². The highest BCUT2D eigenvalue weighted by Gasteiger charge is 2.17. The van der Waals surface area contributed by atoms with Gasteiger partial charge in [-0.3, -0.25) is 19.0 Å². The average molecular weight is 384 g/mol. The van der Waals surface area contributed by atoms with E-state index in [2.05, 4.69) is 50.4 Å². The fourth-order valence-corrected chi connectivity index (χ4v) is 4.17. The minimum Gasteiger partial charge on any atom is -0.354 e. The van der Waals surface area contributed by atoms with Crippen molar-refractivity contribution in [1.29, 1.82) is 0 Å². The van der Waals surface area contributed by atoms with Gasteiger partial charge in [0.25, 0.3) is 0 Å². The molecule has 1 N–H and O–H groups in total. The molecule has 142 valence electrons. The Bertz CT molecular complexity index is 838. The maximum atomic E-state index is 12.1. The molecule has 3 heterocycles. The van der Waals surface area contributed by atoms with Gasteiger partial charge in [0, 0.05) is 63.6 Å². The second kappa shape index (κ2) is 8.65. The van der Waals surface area contributed by atoms with E-state index in [4.69, 9.17) is 0 Å². The van der Waals surface area contributed by atoms with Crippen molar-refractivity contribution in [3.63, 3.8) is 0 Å². The van der Waals surface area contributed by atoms with Gasteiger partial charge in [0.2, 0.25) is 5.91 Å². The van der Waals surface area contributed by atoms with Crippen molar-refractivity contribution in [3.05, 3.63) is 59.4 Å². The molecular formula is C20H25N5OS. The fraction of sp³-hybridized carbons (Fsp3) is 0.400. The van der Waals surface area contributed by atoms with Crippen LogP contribution in [-0.2, 0) is 17.8 Å². The summed E-state index contributed by atoms with van der Waals surface area (Å²) in [5.41, 5.74) is 2.20. The summed E-state index contributed by atoms with van der Waals surface area (Å²) in [7, 11) is 0. The number of aromatic nitrogens is 2. The van der Waals surface area contributed by atoms with Gasteiger partial charge in [-0.1, -0.05) is 30.3 Å². The van der Waals surface area contributed by atoms with E-state index >= 15 is 0 Å². The Balaban J connectivity index is 1.14. The second-order valence-electron chi connectivity index (χ2n) is 6.96. The van der Waals surface area contributed by atoms with E-state index in [-0.39, 0.29) is 5.91 Å². The number of nitrogens with zero attached hydrogens (tertiary/aromatic N) is 4. The Hall–Kier alpha value is -2.22. The number of carbonyl (C=O) groups is 1. The summed E-state index contributed by atoms with van der Waals surface area (Å²) in [6.45, 7) is 6.89. The normalized spacial score (nSPS) is 16.0. The van der Waals surface area contributed by atoms with Gasteiger partial charge in [-0.05, 0) is 5.56 Å². The molecule has 1 aliphatic heterocycles. The van der Waals surface area contributed by atoms with Crippen LogP contribution in [0.25, 0.3) is 4.96 Å². The van der Waals surface area contributed by atoms with Crippen molar-refractivity contribution in [2.45, 2.75) is 13.0 Å². The number of amides is 1. The predicted molar refractivity (Wildman–Crippen MR) is 108 cm³/mol. The zero-order valence-electron chi connectivity index (χ0n) is 15.4. The van der Waals surface area contributed by atoms with Crippen LogP contribution in [0.5, 0.6) is 0 Å². The van der Waals surface area contributed by atoms with Crippen LogP contribution in [0, 0.1) is 0 Å². The summed E-state index contributed by atoms with van der Waals surface area (Å²) in [5, 5.41) is 5.02. The lowest BCUT2D eigenvalue weighted by molar-refractivity contribution is -0.120. The molecular weight excluding hydrogens is 358 g/mol. The van der Waals surface area contributed by atoms with Gasteiger partial charge in [-0.2, -0.15) is 0 Å². The first-order valence-corrected chi connectivity index (χ1v) is 10.3. The van der Waals surface area contributed by atoms with Crippen LogP contribution in [0.4, 0.5) is 0 Å². The number of piperazine rings is 1. The van der Waals surface area contributed by atoms with Crippen molar-refractivity contribution >= 4 is 22.2 Å². The summed E-state index contributed by atoms with van der Waals surface area (Å²) in [6, 6.07) is 10.6. The van der Waals surface area contributed by atoms with E-state index in [1.165, 1.54) is 5.56 Å². The molecule has 0 bridgehead atoms. The number of benzene rings is 1. The Morgan fingerprint density at radius 3 is 2.67 bits per heavy atom. The van der Waals surface area contributed by atoms with E-state index in [1.54, 1.807) is 11.3 Å². The molecule has 1 aromatic carbocycles. The minimum atomic E-state index is 0.0449. The third-order valence-electron chi connectivity index (χ3n) is 4.95. The quantitative estimate of drug-likeness (QED) is 0.677. The molecule has 7 heteroatoms. The molecule has 1 saturated heterocycles. The van der Waals surface area contributed by atoms with E-state index in [1.807, 2.05) is 22.2 Å². The van der Waals surface area contributed by atoms with Crippen LogP contribution in [0.1, 0.15) is 11.3 Å². The van der Waals surface area contributed by atoms with Crippen LogP contribution < -0.4 is 5.32 Å². The summed E-state index contributed by atoms with van der Waals surface area (Å²) < 4.78 is 1.96. The number of imidazole rings is 1. The third-order valence-corrected chi connectivity index (χ3v) is 5.72. The molecule has 0 spiro atoms. The maximum absolute atomic E-state index is 12.1. The van der Waals surface area contributed by atoms with Gasteiger partial charge >= 0.3 is 0 Å². The highest BCUT2D eigenvalue weighted by atomic mass is 32.1. The van der Waals surface area contributed by atoms with E-state index in [0.717, 1.165) is 49.9 Å². The maximum Gasteiger partial charge on any atom is 0.226 e. The lowest BCUT2D eigenvalue weighted by Gasteiger charge is -2.34. The van der Waals surface area contributed by atoms with Crippen LogP contribution in [0.2, 0.25) is 0 Å². The van der Waals surface area contributed by atoms with E-state index < -0.39 is 0 Å². The smallest absolute Gasteiger partial charge is 0.226 e. The first kappa shape index (κ1) is 18.2. The van der Waals surface area contributed by atoms with Crippen LogP contribution >= 0.6 is 11.3 Å². The number of hydrogen-bond donors (Lipinski definition) is 1. The van der Waals surface area contributed by atoms with Crippen LogP contribution in [0.15, 0.2) is 48.1 Å². The van der Waals surface area contributed by atoms with Gasteiger partial charge < -0.3 is 5.32 Å². The molecule has 6 nitrogen and oxygen atoms in total. The first-order valence-electron chi connectivity index (χ1n) is 9.43. The second-order valence-corrected chi connectivity index (χ2v) is 7.83. The van der Waals surface area contributed by atoms with Crippen LogP contribution in [0.3, 0.4) is 0 Å². The molecule has 0 saturated carbocycles. The Kier molecular flexibility index (Phi) is 5.81. The van der Waals surface area contributed by atoms with Gasteiger partial charge in [-0.15, -0.1) is 11.3 Å². The van der Waals surface area contributed by atoms with Crippen molar-refractivity contribution < 1.29 is 4.79 Å². The van der Waals surface area contributed by atoms with Gasteiger partial charge in [-0.25, -0.2) is 4.98 Å². The minimum absolute atomic E-state index is 0.0449. The number of rotatable bonds is 7. The van der Waals surface area contributed by atoms with E-state index in [9.17, 15) is 4.79 Å². The summed E-state index contributed by atoms with van der Waals surface area (Å²) >= 11 is 1.58. The number of carbonyl (C=O) groups excluding carboxylic acids is 1. The molecule has 27 heavy (non-hydrogen) atoms. The number of hydrogen-bond acceptors (Lipinski definition) is 5.